The standard InChI is InChI=1S/C18H12FN3O2/c19-12-3-1-4-13(8-12)22-17-9-15(23)16(24-17)7-11-10-21-18-14(11)5-2-6-20-18/h1-10,22-23H. The maximum atomic E-state index is 13.2. The second-order valence-electron chi connectivity index (χ2n) is 5.23. The number of pyridine rings is 1. The van der Waals surface area contributed by atoms with Gasteiger partial charge in [0, 0.05) is 35.3 Å². The topological polar surface area (TPSA) is 70.7 Å². The maximum Gasteiger partial charge on any atom is 0.201 e. The van der Waals surface area contributed by atoms with Gasteiger partial charge in [-0.15, -0.1) is 0 Å². The van der Waals surface area contributed by atoms with Crippen LogP contribution in [0.15, 0.2) is 58.1 Å². The second kappa shape index (κ2) is 5.66. The number of benzene rings is 1. The molecule has 3 heterocycles. The SMILES string of the molecule is Oc1cc(Nc2cccc(F)c2)oc1C=C1C=Nc2ncccc21. The van der Waals surface area contributed by atoms with E-state index < -0.39 is 0 Å². The number of aromatic hydroxyl groups is 1. The lowest BCUT2D eigenvalue weighted by atomic mass is 10.1. The largest absolute Gasteiger partial charge is 0.504 e. The Morgan fingerprint density at radius 1 is 1.17 bits per heavy atom. The molecule has 0 bridgehead atoms. The summed E-state index contributed by atoms with van der Waals surface area (Å²) in [7, 11) is 0. The third-order valence-electron chi connectivity index (χ3n) is 3.54. The number of halogens is 1. The van der Waals surface area contributed by atoms with E-state index in [1.165, 1.54) is 18.2 Å². The number of fused-ring (bicyclic) bond motifs is 1. The summed E-state index contributed by atoms with van der Waals surface area (Å²) in [6.45, 7) is 0. The zero-order valence-electron chi connectivity index (χ0n) is 12.4. The first kappa shape index (κ1) is 14.2. The fourth-order valence-corrected chi connectivity index (χ4v) is 2.45. The Balaban J connectivity index is 1.63. The molecule has 2 N–H and O–H groups in total. The van der Waals surface area contributed by atoms with Crippen LogP contribution in [-0.2, 0) is 0 Å². The zero-order chi connectivity index (χ0) is 16.5. The highest BCUT2D eigenvalue weighted by Crippen LogP contribution is 2.34. The van der Waals surface area contributed by atoms with Crippen LogP contribution < -0.4 is 5.32 Å². The fourth-order valence-electron chi connectivity index (χ4n) is 2.45. The van der Waals surface area contributed by atoms with E-state index >= 15 is 0 Å². The number of anilines is 2. The molecule has 3 aromatic rings. The molecule has 1 aliphatic rings. The molecule has 0 atom stereocenters. The summed E-state index contributed by atoms with van der Waals surface area (Å²) in [5.74, 6) is 0.850. The molecule has 6 heteroatoms. The molecule has 5 nitrogen and oxygen atoms in total. The molecule has 4 rings (SSSR count). The van der Waals surface area contributed by atoms with Gasteiger partial charge < -0.3 is 14.8 Å². The monoisotopic (exact) mass is 321 g/mol. The number of aromatic nitrogens is 1. The molecule has 2 aromatic heterocycles. The Morgan fingerprint density at radius 3 is 2.96 bits per heavy atom. The van der Waals surface area contributed by atoms with Crippen LogP contribution >= 0.6 is 0 Å². The van der Waals surface area contributed by atoms with E-state index in [0.29, 0.717) is 17.4 Å². The summed E-state index contributed by atoms with van der Waals surface area (Å²) in [6.07, 6.45) is 5.02. The van der Waals surface area contributed by atoms with E-state index in [0.717, 1.165) is 11.1 Å². The fraction of sp³-hybridized carbons (Fsp3) is 0. The molecule has 0 spiro atoms. The Hall–Kier alpha value is -3.41. The van der Waals surface area contributed by atoms with Gasteiger partial charge in [0.15, 0.2) is 17.3 Å². The highest BCUT2D eigenvalue weighted by molar-refractivity contribution is 6.20. The Morgan fingerprint density at radius 2 is 2.08 bits per heavy atom. The molecule has 24 heavy (non-hydrogen) atoms. The molecule has 1 aliphatic heterocycles. The number of rotatable bonds is 3. The van der Waals surface area contributed by atoms with Gasteiger partial charge >= 0.3 is 0 Å². The third kappa shape index (κ3) is 2.65. The van der Waals surface area contributed by atoms with E-state index in [2.05, 4.69) is 15.3 Å². The molecule has 0 aliphatic carbocycles. The molecular weight excluding hydrogens is 309 g/mol. The Bertz CT molecular complexity index is 976. The predicted octanol–water partition coefficient (Wildman–Crippen LogP) is 4.52. The molecule has 118 valence electrons. The van der Waals surface area contributed by atoms with E-state index in [1.54, 1.807) is 30.6 Å². The van der Waals surface area contributed by atoms with Gasteiger partial charge in [-0.3, -0.25) is 0 Å². The van der Waals surface area contributed by atoms with Crippen LogP contribution in [0.3, 0.4) is 0 Å². The van der Waals surface area contributed by atoms with Crippen molar-refractivity contribution in [3.63, 3.8) is 0 Å². The minimum Gasteiger partial charge on any atom is -0.504 e. The summed E-state index contributed by atoms with van der Waals surface area (Å²) in [4.78, 5) is 8.37. The minimum atomic E-state index is -0.357. The molecule has 0 saturated heterocycles. The van der Waals surface area contributed by atoms with Crippen LogP contribution in [0.1, 0.15) is 11.3 Å². The summed E-state index contributed by atoms with van der Waals surface area (Å²) < 4.78 is 18.8. The molecule has 0 radical (unpaired) electrons. The van der Waals surface area contributed by atoms with Gasteiger partial charge in [-0.05, 0) is 36.4 Å². The summed E-state index contributed by atoms with van der Waals surface area (Å²) in [5.41, 5.74) is 2.19. The lowest BCUT2D eigenvalue weighted by Crippen LogP contribution is -1.88. The second-order valence-corrected chi connectivity index (χ2v) is 5.23. The van der Waals surface area contributed by atoms with Crippen molar-refractivity contribution in [3.05, 3.63) is 65.8 Å². The van der Waals surface area contributed by atoms with E-state index in [1.807, 2.05) is 12.1 Å². The molecule has 0 saturated carbocycles. The van der Waals surface area contributed by atoms with Gasteiger partial charge in [0.25, 0.3) is 0 Å². The molecule has 1 aromatic carbocycles. The number of allylic oxidation sites excluding steroid dienone is 1. The van der Waals surface area contributed by atoms with Gasteiger partial charge in [0.1, 0.15) is 5.82 Å². The smallest absolute Gasteiger partial charge is 0.201 e. The first-order valence-corrected chi connectivity index (χ1v) is 7.25. The number of aliphatic imine (C=N–C) groups is 1. The normalized spacial score (nSPS) is 14.1. The van der Waals surface area contributed by atoms with E-state index in [4.69, 9.17) is 4.42 Å². The number of nitrogens with one attached hydrogen (secondary N) is 1. The quantitative estimate of drug-likeness (QED) is 0.744. The first-order chi connectivity index (χ1) is 11.7. The van der Waals surface area contributed by atoms with Crippen LogP contribution in [0.2, 0.25) is 0 Å². The predicted molar refractivity (Wildman–Crippen MR) is 90.3 cm³/mol. The van der Waals surface area contributed by atoms with Gasteiger partial charge in [0.05, 0.1) is 0 Å². The molecule has 0 unspecified atom stereocenters. The van der Waals surface area contributed by atoms with Crippen molar-refractivity contribution in [1.82, 2.24) is 4.98 Å². The van der Waals surface area contributed by atoms with Crippen LogP contribution in [0.25, 0.3) is 11.6 Å². The highest BCUT2D eigenvalue weighted by Gasteiger charge is 2.15. The number of nitrogens with zero attached hydrogens (tertiary/aromatic N) is 2. The Kier molecular flexibility index (Phi) is 3.35. The Labute approximate surface area is 136 Å². The summed E-state index contributed by atoms with van der Waals surface area (Å²) >= 11 is 0. The van der Waals surface area contributed by atoms with Gasteiger partial charge in [0.2, 0.25) is 5.88 Å². The van der Waals surface area contributed by atoms with Crippen LogP contribution in [0, 0.1) is 5.82 Å². The molecular formula is C18H12FN3O2. The highest BCUT2D eigenvalue weighted by atomic mass is 19.1. The van der Waals surface area contributed by atoms with Crippen LogP contribution in [-0.4, -0.2) is 16.3 Å². The maximum absolute atomic E-state index is 13.2. The van der Waals surface area contributed by atoms with Crippen molar-refractivity contribution in [1.29, 1.82) is 0 Å². The average molecular weight is 321 g/mol. The van der Waals surface area contributed by atoms with E-state index in [9.17, 15) is 9.50 Å². The van der Waals surface area contributed by atoms with Crippen molar-refractivity contribution in [3.8, 4) is 5.75 Å². The van der Waals surface area contributed by atoms with Crippen LogP contribution in [0.5, 0.6) is 5.75 Å². The lowest BCUT2D eigenvalue weighted by Gasteiger charge is -2.02. The molecule has 0 fully saturated rings. The zero-order valence-corrected chi connectivity index (χ0v) is 12.4. The van der Waals surface area contributed by atoms with Crippen molar-refractivity contribution in [2.45, 2.75) is 0 Å². The number of furan rings is 1. The lowest BCUT2D eigenvalue weighted by molar-refractivity contribution is 0.455. The van der Waals surface area contributed by atoms with Crippen molar-refractivity contribution >= 4 is 35.3 Å². The minimum absolute atomic E-state index is 0.0212. The average Bonchev–Trinajstić information content (AvgIpc) is 3.12. The summed E-state index contributed by atoms with van der Waals surface area (Å²) in [5, 5.41) is 13.0. The van der Waals surface area contributed by atoms with Crippen molar-refractivity contribution in [2.24, 2.45) is 4.99 Å². The van der Waals surface area contributed by atoms with Gasteiger partial charge in [-0.1, -0.05) is 6.07 Å². The van der Waals surface area contributed by atoms with E-state index in [-0.39, 0.29) is 17.3 Å². The third-order valence-corrected chi connectivity index (χ3v) is 3.54. The first-order valence-electron chi connectivity index (χ1n) is 7.25. The van der Waals surface area contributed by atoms with Gasteiger partial charge in [-0.2, -0.15) is 0 Å². The van der Waals surface area contributed by atoms with Crippen LogP contribution in [0.4, 0.5) is 21.8 Å². The van der Waals surface area contributed by atoms with Crippen molar-refractivity contribution < 1.29 is 13.9 Å². The number of hydrogen-bond donors (Lipinski definition) is 2. The number of hydrogen-bond acceptors (Lipinski definition) is 5. The van der Waals surface area contributed by atoms with Gasteiger partial charge in [-0.25, -0.2) is 14.4 Å². The molecule has 0 amide bonds. The van der Waals surface area contributed by atoms with Crippen molar-refractivity contribution in [2.75, 3.05) is 5.32 Å². The summed E-state index contributed by atoms with van der Waals surface area (Å²) in [6, 6.07) is 11.1.